The minimum atomic E-state index is -0.0597. The number of thiazole rings is 1. The summed E-state index contributed by atoms with van der Waals surface area (Å²) < 4.78 is 4.83. The fraction of sp³-hybridized carbons (Fsp3) is 0.583. The number of hydrogen-bond donors (Lipinski definition) is 1. The zero-order chi connectivity index (χ0) is 14.7. The number of anilines is 1. The Kier molecular flexibility index (Phi) is 4.56. The van der Waals surface area contributed by atoms with Crippen molar-refractivity contribution in [3.63, 3.8) is 0 Å². The van der Waals surface area contributed by atoms with Gasteiger partial charge in [0.05, 0.1) is 5.69 Å². The number of methoxy groups -OCH3 is 1. The molecule has 8 heteroatoms. The van der Waals surface area contributed by atoms with Crippen LogP contribution in [0.15, 0.2) is 0 Å². The average Bonchev–Trinajstić information content (AvgIpc) is 2.77. The first-order valence-electron chi connectivity index (χ1n) is 6.31. The van der Waals surface area contributed by atoms with Crippen LogP contribution < -0.4 is 5.73 Å². The van der Waals surface area contributed by atoms with Crippen LogP contribution in [0.5, 0.6) is 0 Å². The zero-order valence-corrected chi connectivity index (χ0v) is 12.4. The van der Waals surface area contributed by atoms with Crippen LogP contribution in [0.25, 0.3) is 0 Å². The fourth-order valence-electron chi connectivity index (χ4n) is 2.13. The van der Waals surface area contributed by atoms with E-state index in [0.717, 1.165) is 0 Å². The quantitative estimate of drug-likeness (QED) is 0.846. The molecule has 0 atom stereocenters. The highest BCUT2D eigenvalue weighted by Gasteiger charge is 2.26. The number of nitrogen functional groups attached to an aromatic ring is 1. The third-order valence-corrected chi connectivity index (χ3v) is 4.17. The minimum absolute atomic E-state index is 0.0437. The molecule has 1 fully saturated rings. The van der Waals surface area contributed by atoms with Crippen molar-refractivity contribution in [2.45, 2.75) is 6.92 Å². The summed E-state index contributed by atoms with van der Waals surface area (Å²) in [7, 11) is 1.49. The van der Waals surface area contributed by atoms with Gasteiger partial charge in [0.2, 0.25) is 5.91 Å². The molecular formula is C12H18N4O3S. The predicted octanol–water partition coefficient (Wildman–Crippen LogP) is -0.0355. The number of carbonyl (C=O) groups is 2. The maximum atomic E-state index is 12.3. The maximum Gasteiger partial charge on any atom is 0.266 e. The standard InChI is InChI=1S/C12H18N4O3S/c1-8-10(20-12(13)14-8)11(18)16-5-3-15(4-6-16)9(17)7-19-2/h3-7H2,1-2H3,(H2,13,14). The molecule has 20 heavy (non-hydrogen) atoms. The summed E-state index contributed by atoms with van der Waals surface area (Å²) in [5.41, 5.74) is 6.27. The average molecular weight is 298 g/mol. The number of nitrogens with zero attached hydrogens (tertiary/aromatic N) is 3. The van der Waals surface area contributed by atoms with E-state index in [1.54, 1.807) is 16.7 Å². The van der Waals surface area contributed by atoms with Crippen molar-refractivity contribution in [1.82, 2.24) is 14.8 Å². The number of amides is 2. The number of aromatic nitrogens is 1. The van der Waals surface area contributed by atoms with E-state index in [2.05, 4.69) is 4.98 Å². The SMILES string of the molecule is COCC(=O)N1CCN(C(=O)c2sc(N)nc2C)CC1. The summed E-state index contributed by atoms with van der Waals surface area (Å²) in [6, 6.07) is 0. The Morgan fingerprint density at radius 3 is 2.40 bits per heavy atom. The molecule has 1 aliphatic rings. The van der Waals surface area contributed by atoms with Gasteiger partial charge in [-0.2, -0.15) is 0 Å². The highest BCUT2D eigenvalue weighted by molar-refractivity contribution is 7.17. The Balaban J connectivity index is 1.95. The fourth-order valence-corrected chi connectivity index (χ4v) is 2.93. The summed E-state index contributed by atoms with van der Waals surface area (Å²) in [5, 5.41) is 0.403. The normalized spacial score (nSPS) is 15.5. The molecule has 1 saturated heterocycles. The van der Waals surface area contributed by atoms with Crippen molar-refractivity contribution in [2.75, 3.05) is 45.6 Å². The van der Waals surface area contributed by atoms with Crippen LogP contribution in [0.4, 0.5) is 5.13 Å². The van der Waals surface area contributed by atoms with Gasteiger partial charge in [0.1, 0.15) is 11.5 Å². The summed E-state index contributed by atoms with van der Waals surface area (Å²) in [4.78, 5) is 32.1. The summed E-state index contributed by atoms with van der Waals surface area (Å²) >= 11 is 1.21. The van der Waals surface area contributed by atoms with Gasteiger partial charge in [0, 0.05) is 33.3 Å². The van der Waals surface area contributed by atoms with Gasteiger partial charge in [-0.15, -0.1) is 0 Å². The lowest BCUT2D eigenvalue weighted by atomic mass is 10.2. The van der Waals surface area contributed by atoms with E-state index < -0.39 is 0 Å². The zero-order valence-electron chi connectivity index (χ0n) is 11.6. The molecule has 0 aromatic carbocycles. The Hall–Kier alpha value is -1.67. The predicted molar refractivity (Wildman–Crippen MR) is 75.6 cm³/mol. The van der Waals surface area contributed by atoms with Crippen LogP contribution >= 0.6 is 11.3 Å². The van der Waals surface area contributed by atoms with Crippen LogP contribution in [-0.4, -0.2) is 66.5 Å². The largest absolute Gasteiger partial charge is 0.375 e. The van der Waals surface area contributed by atoms with Crippen molar-refractivity contribution < 1.29 is 14.3 Å². The van der Waals surface area contributed by atoms with Crippen molar-refractivity contribution in [3.8, 4) is 0 Å². The lowest BCUT2D eigenvalue weighted by molar-refractivity contribution is -0.136. The Labute approximate surface area is 121 Å². The molecule has 1 aromatic rings. The van der Waals surface area contributed by atoms with Crippen molar-refractivity contribution in [1.29, 1.82) is 0 Å². The number of aryl methyl sites for hydroxylation is 1. The van der Waals surface area contributed by atoms with E-state index in [1.807, 2.05) is 0 Å². The van der Waals surface area contributed by atoms with Crippen LogP contribution in [-0.2, 0) is 9.53 Å². The van der Waals surface area contributed by atoms with Gasteiger partial charge in [-0.05, 0) is 6.92 Å². The van der Waals surface area contributed by atoms with Gasteiger partial charge in [0.25, 0.3) is 5.91 Å². The molecule has 1 aromatic heterocycles. The van der Waals surface area contributed by atoms with E-state index in [1.165, 1.54) is 18.4 Å². The van der Waals surface area contributed by atoms with E-state index >= 15 is 0 Å². The third kappa shape index (κ3) is 3.07. The Bertz CT molecular complexity index is 509. The van der Waals surface area contributed by atoms with Gasteiger partial charge in [0.15, 0.2) is 5.13 Å². The number of carbonyl (C=O) groups excluding carboxylic acids is 2. The van der Waals surface area contributed by atoms with E-state index in [4.69, 9.17) is 10.5 Å². The van der Waals surface area contributed by atoms with Crippen LogP contribution in [0, 0.1) is 6.92 Å². The summed E-state index contributed by atoms with van der Waals surface area (Å²) in [5.74, 6) is -0.103. The van der Waals surface area contributed by atoms with Crippen LogP contribution in [0.3, 0.4) is 0 Å². The first kappa shape index (κ1) is 14.7. The van der Waals surface area contributed by atoms with Gasteiger partial charge < -0.3 is 20.3 Å². The molecule has 0 unspecified atom stereocenters. The van der Waals surface area contributed by atoms with Crippen LogP contribution in [0.2, 0.25) is 0 Å². The maximum absolute atomic E-state index is 12.3. The third-order valence-electron chi connectivity index (χ3n) is 3.19. The molecule has 0 saturated carbocycles. The molecule has 2 rings (SSSR count). The monoisotopic (exact) mass is 298 g/mol. The smallest absolute Gasteiger partial charge is 0.266 e. The minimum Gasteiger partial charge on any atom is -0.375 e. The molecule has 2 N–H and O–H groups in total. The highest BCUT2D eigenvalue weighted by atomic mass is 32.1. The number of ether oxygens (including phenoxy) is 1. The molecule has 2 amide bonds. The Morgan fingerprint density at radius 1 is 1.30 bits per heavy atom. The molecule has 110 valence electrons. The number of piperazine rings is 1. The number of hydrogen-bond acceptors (Lipinski definition) is 6. The van der Waals surface area contributed by atoms with Crippen molar-refractivity contribution >= 4 is 28.3 Å². The summed E-state index contributed by atoms with van der Waals surface area (Å²) in [6.07, 6.45) is 0. The van der Waals surface area contributed by atoms with E-state index in [9.17, 15) is 9.59 Å². The Morgan fingerprint density at radius 2 is 1.90 bits per heavy atom. The highest BCUT2D eigenvalue weighted by Crippen LogP contribution is 2.22. The van der Waals surface area contributed by atoms with Gasteiger partial charge >= 0.3 is 0 Å². The van der Waals surface area contributed by atoms with Gasteiger partial charge in [-0.25, -0.2) is 4.98 Å². The second kappa shape index (κ2) is 6.19. The van der Waals surface area contributed by atoms with Gasteiger partial charge in [-0.1, -0.05) is 11.3 Å². The molecular weight excluding hydrogens is 280 g/mol. The van der Waals surface area contributed by atoms with Crippen molar-refractivity contribution in [3.05, 3.63) is 10.6 Å². The van der Waals surface area contributed by atoms with Crippen molar-refractivity contribution in [2.24, 2.45) is 0 Å². The summed E-state index contributed by atoms with van der Waals surface area (Å²) in [6.45, 7) is 3.95. The molecule has 0 radical (unpaired) electrons. The molecule has 0 bridgehead atoms. The molecule has 0 aliphatic carbocycles. The molecule has 7 nitrogen and oxygen atoms in total. The molecule has 2 heterocycles. The topological polar surface area (TPSA) is 88.8 Å². The van der Waals surface area contributed by atoms with Gasteiger partial charge in [-0.3, -0.25) is 9.59 Å². The first-order valence-corrected chi connectivity index (χ1v) is 7.13. The number of nitrogens with two attached hydrogens (primary N) is 1. The van der Waals surface area contributed by atoms with E-state index in [0.29, 0.717) is 41.9 Å². The second-order valence-electron chi connectivity index (χ2n) is 4.57. The lowest BCUT2D eigenvalue weighted by Crippen LogP contribution is -2.51. The second-order valence-corrected chi connectivity index (χ2v) is 5.60. The molecule has 0 spiro atoms. The lowest BCUT2D eigenvalue weighted by Gasteiger charge is -2.34. The van der Waals surface area contributed by atoms with Crippen LogP contribution in [0.1, 0.15) is 15.4 Å². The number of rotatable bonds is 3. The van der Waals surface area contributed by atoms with E-state index in [-0.39, 0.29) is 18.4 Å². The first-order chi connectivity index (χ1) is 9.52. The molecule has 1 aliphatic heterocycles.